The Bertz CT molecular complexity index is 2870. The summed E-state index contributed by atoms with van der Waals surface area (Å²) in [7, 11) is 3.10. The first kappa shape index (κ1) is 44.8. The third-order valence-corrected chi connectivity index (χ3v) is 14.8. The fourth-order valence-electron chi connectivity index (χ4n) is 9.19. The lowest BCUT2D eigenvalue weighted by Crippen LogP contribution is -2.39. The number of rotatable bonds is 16. The summed E-state index contributed by atoms with van der Waals surface area (Å²) in [4.78, 5) is 78.5. The predicted octanol–water partition coefficient (Wildman–Crippen LogP) is 8.32. The van der Waals surface area contributed by atoms with Crippen LogP contribution in [0.25, 0.3) is 0 Å². The third-order valence-electron chi connectivity index (χ3n) is 12.5. The van der Waals surface area contributed by atoms with Gasteiger partial charge in [0, 0.05) is 71.9 Å². The number of thioether (sulfide) groups is 2. The van der Waals surface area contributed by atoms with Gasteiger partial charge in [0.15, 0.2) is 23.0 Å². The molecule has 1 fully saturated rings. The van der Waals surface area contributed by atoms with Gasteiger partial charge >= 0.3 is 5.97 Å². The van der Waals surface area contributed by atoms with Gasteiger partial charge in [0.2, 0.25) is 0 Å². The van der Waals surface area contributed by atoms with Crippen LogP contribution in [0.2, 0.25) is 0 Å². The number of anilines is 3. The molecule has 15 nitrogen and oxygen atoms in total. The lowest BCUT2D eigenvalue weighted by atomic mass is 10.1. The normalized spacial score (nSPS) is 17.6. The van der Waals surface area contributed by atoms with Crippen molar-refractivity contribution in [2.75, 3.05) is 46.7 Å². The number of benzene rings is 5. The molecule has 5 heterocycles. The van der Waals surface area contributed by atoms with Crippen LogP contribution in [0.4, 0.5) is 22.7 Å². The number of hydrogen-bond donors (Lipinski definition) is 1. The highest BCUT2D eigenvalue weighted by Gasteiger charge is 2.39. The second kappa shape index (κ2) is 19.3. The van der Waals surface area contributed by atoms with Crippen molar-refractivity contribution in [3.63, 3.8) is 0 Å². The molecule has 5 aromatic carbocycles. The van der Waals surface area contributed by atoms with Gasteiger partial charge in [-0.3, -0.25) is 29.1 Å². The van der Waals surface area contributed by atoms with E-state index in [0.717, 1.165) is 44.9 Å². The Labute approximate surface area is 401 Å². The van der Waals surface area contributed by atoms with E-state index in [0.29, 0.717) is 80.8 Å². The molecule has 348 valence electrons. The number of hydrogen-bond acceptors (Lipinski definition) is 14. The van der Waals surface area contributed by atoms with Gasteiger partial charge in [-0.15, -0.1) is 16.8 Å². The van der Waals surface area contributed by atoms with E-state index in [9.17, 15) is 24.0 Å². The van der Waals surface area contributed by atoms with Gasteiger partial charge in [-0.1, -0.05) is 36.4 Å². The molecule has 68 heavy (non-hydrogen) atoms. The van der Waals surface area contributed by atoms with Crippen molar-refractivity contribution in [2.24, 2.45) is 4.99 Å². The standard InChI is InChI=1S/C51H47N5O10S2/c1-62-43-21-37-39(52-25-34-19-32-8-3-5-10-41(32)54(34)50(37)60)23-45(43)64-27-30-16-31(18-36(17-30)68-29-67-15-7-12-49(59)66-56-47(57)13-14-48(56)58)28-65-46-24-40-38(22-44(46)63-2)51(61)55-35(26-53-40)20-33-9-4-6-11-42(33)55/h3-6,8-11,16-18,21-25,34-35,53H,7,12-15,19-20,26-29H2,1-2H3/t34-,35-/m0/s1. The first-order valence-electron chi connectivity index (χ1n) is 22.4. The van der Waals surface area contributed by atoms with E-state index in [2.05, 4.69) is 11.4 Å². The third kappa shape index (κ3) is 8.95. The van der Waals surface area contributed by atoms with Crippen LogP contribution < -0.4 is 34.1 Å². The number of fused-ring (bicyclic) bond motifs is 8. The Kier molecular flexibility index (Phi) is 12.7. The van der Waals surface area contributed by atoms with Gasteiger partial charge in [0.25, 0.3) is 23.6 Å². The molecular weight excluding hydrogens is 907 g/mol. The van der Waals surface area contributed by atoms with Crippen molar-refractivity contribution in [3.05, 3.63) is 124 Å². The molecule has 5 aliphatic heterocycles. The zero-order valence-corrected chi connectivity index (χ0v) is 39.0. The topological polar surface area (TPSA) is 166 Å². The van der Waals surface area contributed by atoms with Crippen LogP contribution in [-0.2, 0) is 45.3 Å². The molecule has 5 aromatic rings. The summed E-state index contributed by atoms with van der Waals surface area (Å²) in [6.45, 7) is 0.905. The van der Waals surface area contributed by atoms with E-state index in [-0.39, 0.29) is 56.4 Å². The quantitative estimate of drug-likeness (QED) is 0.0435. The minimum absolute atomic E-state index is 0.0197. The van der Waals surface area contributed by atoms with Crippen molar-refractivity contribution in [1.82, 2.24) is 5.06 Å². The fourth-order valence-corrected chi connectivity index (χ4v) is 11.4. The van der Waals surface area contributed by atoms with E-state index < -0.39 is 17.8 Å². The van der Waals surface area contributed by atoms with Gasteiger partial charge in [-0.2, -0.15) is 11.8 Å². The number of carbonyl (C=O) groups excluding carboxylic acids is 5. The molecule has 0 spiro atoms. The Morgan fingerprint density at radius 1 is 0.735 bits per heavy atom. The molecule has 1 saturated heterocycles. The zero-order valence-electron chi connectivity index (χ0n) is 37.4. The van der Waals surface area contributed by atoms with Crippen LogP contribution in [0.5, 0.6) is 23.0 Å². The Morgan fingerprint density at radius 3 is 2.07 bits per heavy atom. The lowest BCUT2D eigenvalue weighted by molar-refractivity contribution is -0.197. The van der Waals surface area contributed by atoms with Gasteiger partial charge in [-0.25, -0.2) is 4.79 Å². The van der Waals surface area contributed by atoms with Crippen LogP contribution >= 0.6 is 23.5 Å². The molecule has 0 aliphatic carbocycles. The molecule has 1 N–H and O–H groups in total. The molecule has 10 rings (SSSR count). The maximum absolute atomic E-state index is 14.1. The average molecular weight is 954 g/mol. The number of para-hydroxylation sites is 2. The number of carbonyl (C=O) groups is 5. The number of nitrogens with one attached hydrogen (secondary N) is 1. The zero-order chi connectivity index (χ0) is 46.9. The number of methoxy groups -OCH3 is 2. The summed E-state index contributed by atoms with van der Waals surface area (Å²) < 4.78 is 24.5. The highest BCUT2D eigenvalue weighted by Crippen LogP contribution is 2.43. The molecule has 0 saturated carbocycles. The number of ether oxygens (including phenoxy) is 4. The number of imide groups is 1. The maximum Gasteiger partial charge on any atom is 0.333 e. The van der Waals surface area contributed by atoms with Crippen molar-refractivity contribution >= 4 is 82.1 Å². The molecular formula is C51H47N5O10S2. The molecule has 0 bridgehead atoms. The smallest absolute Gasteiger partial charge is 0.333 e. The summed E-state index contributed by atoms with van der Waals surface area (Å²) >= 11 is 3.26. The van der Waals surface area contributed by atoms with Gasteiger partial charge in [0.05, 0.1) is 48.8 Å². The van der Waals surface area contributed by atoms with Crippen LogP contribution in [0.3, 0.4) is 0 Å². The number of nitrogens with zero attached hydrogens (tertiary/aromatic N) is 4. The summed E-state index contributed by atoms with van der Waals surface area (Å²) in [6, 6.07) is 28.8. The van der Waals surface area contributed by atoms with Crippen molar-refractivity contribution < 1.29 is 47.8 Å². The van der Waals surface area contributed by atoms with Crippen LogP contribution in [-0.4, -0.2) is 84.6 Å². The summed E-state index contributed by atoms with van der Waals surface area (Å²) in [5.41, 5.74) is 7.86. The number of hydroxylamine groups is 2. The lowest BCUT2D eigenvalue weighted by Gasteiger charge is -2.22. The monoisotopic (exact) mass is 953 g/mol. The summed E-state index contributed by atoms with van der Waals surface area (Å²) in [6.07, 6.45) is 3.95. The molecule has 5 aliphatic rings. The van der Waals surface area contributed by atoms with Crippen molar-refractivity contribution in [1.29, 1.82) is 0 Å². The van der Waals surface area contributed by atoms with E-state index in [1.807, 2.05) is 77.8 Å². The molecule has 4 amide bonds. The minimum Gasteiger partial charge on any atom is -0.493 e. The maximum atomic E-state index is 14.1. The van der Waals surface area contributed by atoms with E-state index in [1.54, 1.807) is 60.8 Å². The first-order chi connectivity index (χ1) is 33.1. The molecule has 0 aromatic heterocycles. The average Bonchev–Trinajstić information content (AvgIpc) is 3.97. The van der Waals surface area contributed by atoms with Gasteiger partial charge < -0.3 is 34.0 Å². The van der Waals surface area contributed by atoms with E-state index in [4.69, 9.17) is 28.8 Å². The minimum atomic E-state index is -0.616. The number of aliphatic imine (C=N–C) groups is 1. The first-order valence-corrected chi connectivity index (χ1v) is 24.5. The van der Waals surface area contributed by atoms with E-state index >= 15 is 0 Å². The van der Waals surface area contributed by atoms with Gasteiger partial charge in [-0.05, 0) is 83.3 Å². The molecule has 2 atom stereocenters. The Balaban J connectivity index is 0.853. The van der Waals surface area contributed by atoms with Crippen molar-refractivity contribution in [2.45, 2.75) is 68.7 Å². The predicted molar refractivity (Wildman–Crippen MR) is 259 cm³/mol. The van der Waals surface area contributed by atoms with Crippen LogP contribution in [0.15, 0.2) is 101 Å². The fraction of sp³-hybridized carbons (Fsp3) is 0.294. The second-order valence-corrected chi connectivity index (χ2v) is 19.4. The van der Waals surface area contributed by atoms with Crippen LogP contribution in [0.1, 0.15) is 68.7 Å². The highest BCUT2D eigenvalue weighted by molar-refractivity contribution is 8.16. The highest BCUT2D eigenvalue weighted by atomic mass is 32.2. The SMILES string of the molecule is COc1cc2c(cc1OCc1cc(COc3cc4c(cc3OC)C(=O)N3c5ccccc5C[C@H]3CN4)cc(SCSCCCC(=O)ON3C(=O)CCC3=O)c1)N=C[C@@H]1Cc3ccccc3N1C2=O. The Hall–Kier alpha value is -6.98. The molecule has 0 radical (unpaired) electrons. The molecule has 17 heteroatoms. The van der Waals surface area contributed by atoms with E-state index in [1.165, 1.54) is 0 Å². The van der Waals surface area contributed by atoms with Crippen LogP contribution in [0, 0.1) is 0 Å². The van der Waals surface area contributed by atoms with Crippen molar-refractivity contribution in [3.8, 4) is 23.0 Å². The summed E-state index contributed by atoms with van der Waals surface area (Å²) in [5, 5.41) is 4.74. The second-order valence-electron chi connectivity index (χ2n) is 16.8. The largest absolute Gasteiger partial charge is 0.493 e. The van der Waals surface area contributed by atoms with Gasteiger partial charge in [0.1, 0.15) is 13.2 Å². The Morgan fingerprint density at radius 2 is 1.37 bits per heavy atom. The molecule has 0 unspecified atom stereocenters. The summed E-state index contributed by atoms with van der Waals surface area (Å²) in [5.74, 6) is 0.525. The number of amides is 4.